The molecule has 0 saturated carbocycles. The van der Waals surface area contributed by atoms with Gasteiger partial charge in [-0.3, -0.25) is 5.41 Å². The highest BCUT2D eigenvalue weighted by atomic mass is 19.4. The zero-order valence-electron chi connectivity index (χ0n) is 8.18. The SMILES string of the molecule is N=C(N)C=CNc1cccc(C(F)(F)F)c1. The molecule has 0 spiro atoms. The number of alkyl halides is 3. The van der Waals surface area contributed by atoms with E-state index in [9.17, 15) is 13.2 Å². The third-order valence-corrected chi connectivity index (χ3v) is 1.70. The van der Waals surface area contributed by atoms with Crippen LogP contribution in [0.4, 0.5) is 18.9 Å². The molecule has 86 valence electrons. The summed E-state index contributed by atoms with van der Waals surface area (Å²) in [6.45, 7) is 0. The van der Waals surface area contributed by atoms with E-state index in [0.717, 1.165) is 12.1 Å². The van der Waals surface area contributed by atoms with E-state index in [1.165, 1.54) is 24.4 Å². The van der Waals surface area contributed by atoms with Crippen molar-refractivity contribution in [3.05, 3.63) is 42.1 Å². The Balaban J connectivity index is 2.79. The number of amidine groups is 1. The average molecular weight is 229 g/mol. The molecule has 0 radical (unpaired) electrons. The van der Waals surface area contributed by atoms with E-state index in [0.29, 0.717) is 0 Å². The first-order valence-electron chi connectivity index (χ1n) is 4.34. The molecule has 0 bridgehead atoms. The first kappa shape index (κ1) is 12.1. The largest absolute Gasteiger partial charge is 0.416 e. The van der Waals surface area contributed by atoms with Gasteiger partial charge in [0.05, 0.1) is 5.56 Å². The molecule has 0 aliphatic heterocycles. The third kappa shape index (κ3) is 3.64. The molecule has 0 fully saturated rings. The van der Waals surface area contributed by atoms with E-state index in [1.807, 2.05) is 0 Å². The minimum absolute atomic E-state index is 0.181. The Labute approximate surface area is 90.3 Å². The maximum atomic E-state index is 12.3. The molecule has 4 N–H and O–H groups in total. The van der Waals surface area contributed by atoms with E-state index in [4.69, 9.17) is 11.1 Å². The zero-order chi connectivity index (χ0) is 12.2. The maximum absolute atomic E-state index is 12.3. The molecule has 1 rings (SSSR count). The Morgan fingerprint density at radius 1 is 1.38 bits per heavy atom. The highest BCUT2D eigenvalue weighted by Gasteiger charge is 2.30. The Bertz CT molecular complexity index is 410. The number of halogens is 3. The Morgan fingerprint density at radius 3 is 2.62 bits per heavy atom. The molecule has 0 aromatic heterocycles. The van der Waals surface area contributed by atoms with Crippen LogP contribution in [-0.4, -0.2) is 5.84 Å². The van der Waals surface area contributed by atoms with E-state index < -0.39 is 11.7 Å². The van der Waals surface area contributed by atoms with E-state index in [1.54, 1.807) is 0 Å². The lowest BCUT2D eigenvalue weighted by Gasteiger charge is -2.08. The molecular formula is C10H10F3N3. The normalized spacial score (nSPS) is 11.7. The predicted molar refractivity (Wildman–Crippen MR) is 56.1 cm³/mol. The van der Waals surface area contributed by atoms with Crippen molar-refractivity contribution in [1.82, 2.24) is 0 Å². The summed E-state index contributed by atoms with van der Waals surface area (Å²) < 4.78 is 37.0. The van der Waals surface area contributed by atoms with Crippen LogP contribution in [0, 0.1) is 5.41 Å². The Kier molecular flexibility index (Phi) is 3.55. The van der Waals surface area contributed by atoms with Crippen LogP contribution in [0.2, 0.25) is 0 Å². The van der Waals surface area contributed by atoms with Gasteiger partial charge in [-0.25, -0.2) is 0 Å². The van der Waals surface area contributed by atoms with Crippen LogP contribution in [0.25, 0.3) is 0 Å². The summed E-state index contributed by atoms with van der Waals surface area (Å²) >= 11 is 0. The van der Waals surface area contributed by atoms with Crippen LogP contribution in [0.15, 0.2) is 36.5 Å². The summed E-state index contributed by atoms with van der Waals surface area (Å²) in [4.78, 5) is 0. The van der Waals surface area contributed by atoms with Crippen molar-refractivity contribution in [2.75, 3.05) is 5.32 Å². The quantitative estimate of drug-likeness (QED) is 0.551. The monoisotopic (exact) mass is 229 g/mol. The fourth-order valence-corrected chi connectivity index (χ4v) is 1.01. The van der Waals surface area contributed by atoms with Gasteiger partial charge in [0.25, 0.3) is 0 Å². The second kappa shape index (κ2) is 4.69. The van der Waals surface area contributed by atoms with Gasteiger partial charge < -0.3 is 11.1 Å². The molecule has 0 amide bonds. The molecule has 0 saturated heterocycles. The molecule has 16 heavy (non-hydrogen) atoms. The van der Waals surface area contributed by atoms with Gasteiger partial charge in [-0.15, -0.1) is 0 Å². The molecule has 1 aromatic carbocycles. The standard InChI is InChI=1S/C10H10F3N3/c11-10(12,13)7-2-1-3-8(6-7)16-5-4-9(14)15/h1-6,16H,(H3,14,15). The van der Waals surface area contributed by atoms with Crippen molar-refractivity contribution < 1.29 is 13.2 Å². The average Bonchev–Trinajstić information content (AvgIpc) is 2.16. The lowest BCUT2D eigenvalue weighted by molar-refractivity contribution is -0.137. The van der Waals surface area contributed by atoms with Gasteiger partial charge in [-0.2, -0.15) is 13.2 Å². The number of rotatable bonds is 3. The molecule has 6 heteroatoms. The van der Waals surface area contributed by atoms with Crippen LogP contribution < -0.4 is 11.1 Å². The summed E-state index contributed by atoms with van der Waals surface area (Å²) in [5.74, 6) is -0.181. The molecular weight excluding hydrogens is 219 g/mol. The van der Waals surface area contributed by atoms with Crippen LogP contribution in [0.3, 0.4) is 0 Å². The molecule has 1 aromatic rings. The van der Waals surface area contributed by atoms with E-state index in [-0.39, 0.29) is 11.5 Å². The molecule has 0 unspecified atom stereocenters. The van der Waals surface area contributed by atoms with Crippen LogP contribution in [-0.2, 0) is 6.18 Å². The highest BCUT2D eigenvalue weighted by molar-refractivity contribution is 5.88. The number of hydrogen-bond acceptors (Lipinski definition) is 2. The predicted octanol–water partition coefficient (Wildman–Crippen LogP) is 2.57. The summed E-state index contributed by atoms with van der Waals surface area (Å²) in [7, 11) is 0. The van der Waals surface area contributed by atoms with Crippen molar-refractivity contribution in [2.24, 2.45) is 5.73 Å². The fourth-order valence-electron chi connectivity index (χ4n) is 1.01. The van der Waals surface area contributed by atoms with Gasteiger partial charge in [0.15, 0.2) is 0 Å². The lowest BCUT2D eigenvalue weighted by atomic mass is 10.2. The van der Waals surface area contributed by atoms with Gasteiger partial charge in [-0.1, -0.05) is 6.07 Å². The van der Waals surface area contributed by atoms with Crippen LogP contribution in [0.1, 0.15) is 5.56 Å². The summed E-state index contributed by atoms with van der Waals surface area (Å²) in [5.41, 5.74) is 4.59. The van der Waals surface area contributed by atoms with Gasteiger partial charge >= 0.3 is 6.18 Å². The first-order valence-corrected chi connectivity index (χ1v) is 4.34. The van der Waals surface area contributed by atoms with Gasteiger partial charge in [0.1, 0.15) is 5.84 Å². The van der Waals surface area contributed by atoms with Crippen molar-refractivity contribution in [3.63, 3.8) is 0 Å². The summed E-state index contributed by atoms with van der Waals surface area (Å²) in [6, 6.07) is 4.75. The van der Waals surface area contributed by atoms with Gasteiger partial charge in [0, 0.05) is 11.9 Å². The second-order valence-electron chi connectivity index (χ2n) is 3.01. The molecule has 0 heterocycles. The number of nitrogens with one attached hydrogen (secondary N) is 2. The lowest BCUT2D eigenvalue weighted by Crippen LogP contribution is -2.06. The molecule has 3 nitrogen and oxygen atoms in total. The van der Waals surface area contributed by atoms with Crippen molar-refractivity contribution in [3.8, 4) is 0 Å². The highest BCUT2D eigenvalue weighted by Crippen LogP contribution is 2.30. The maximum Gasteiger partial charge on any atom is 0.416 e. The topological polar surface area (TPSA) is 61.9 Å². The van der Waals surface area contributed by atoms with Crippen molar-refractivity contribution >= 4 is 11.5 Å². The Morgan fingerprint density at radius 2 is 2.06 bits per heavy atom. The molecule has 0 aliphatic carbocycles. The molecule has 0 atom stereocenters. The molecule has 0 aliphatic rings. The number of anilines is 1. The Hall–Kier alpha value is -1.98. The van der Waals surface area contributed by atoms with Crippen molar-refractivity contribution in [1.29, 1.82) is 5.41 Å². The minimum Gasteiger partial charge on any atom is -0.384 e. The first-order chi connectivity index (χ1) is 7.39. The van der Waals surface area contributed by atoms with Crippen molar-refractivity contribution in [2.45, 2.75) is 6.18 Å². The summed E-state index contributed by atoms with van der Waals surface area (Å²) in [5, 5.41) is 9.46. The van der Waals surface area contributed by atoms with E-state index >= 15 is 0 Å². The smallest absolute Gasteiger partial charge is 0.384 e. The minimum atomic E-state index is -4.36. The number of nitrogens with two attached hydrogens (primary N) is 1. The number of benzene rings is 1. The zero-order valence-corrected chi connectivity index (χ0v) is 8.18. The fraction of sp³-hybridized carbons (Fsp3) is 0.100. The van der Waals surface area contributed by atoms with Gasteiger partial charge in [0.2, 0.25) is 0 Å². The number of hydrogen-bond donors (Lipinski definition) is 3. The van der Waals surface area contributed by atoms with Gasteiger partial charge in [-0.05, 0) is 24.3 Å². The second-order valence-corrected chi connectivity index (χ2v) is 3.01. The summed E-state index contributed by atoms with van der Waals surface area (Å²) in [6.07, 6.45) is -1.82. The van der Waals surface area contributed by atoms with E-state index in [2.05, 4.69) is 5.32 Å². The van der Waals surface area contributed by atoms with Crippen LogP contribution in [0.5, 0.6) is 0 Å². The van der Waals surface area contributed by atoms with Crippen LogP contribution >= 0.6 is 0 Å². The third-order valence-electron chi connectivity index (χ3n) is 1.70.